The van der Waals surface area contributed by atoms with Crippen LogP contribution in [0.4, 0.5) is 0 Å². The summed E-state index contributed by atoms with van der Waals surface area (Å²) in [7, 11) is 0. The molecule has 0 aromatic heterocycles. The van der Waals surface area contributed by atoms with Crippen LogP contribution in [0.3, 0.4) is 0 Å². The lowest BCUT2D eigenvalue weighted by molar-refractivity contribution is -0.143. The van der Waals surface area contributed by atoms with Crippen molar-refractivity contribution in [2.45, 2.75) is 44.6 Å². The van der Waals surface area contributed by atoms with Crippen LogP contribution in [0.5, 0.6) is 0 Å². The summed E-state index contributed by atoms with van der Waals surface area (Å²) in [5.74, 6) is -2.42. The number of carbonyl (C=O) groups is 3. The molecule has 2 atom stereocenters. The van der Waals surface area contributed by atoms with Crippen LogP contribution in [0.25, 0.3) is 0 Å². The topological polar surface area (TPSA) is 109 Å². The number of nitrogens with two attached hydrogens (primary N) is 1. The monoisotopic (exact) mass is 318 g/mol. The van der Waals surface area contributed by atoms with Crippen molar-refractivity contribution < 1.29 is 19.5 Å². The predicted octanol–water partition coefficient (Wildman–Crippen LogP) is 1.94. The highest BCUT2D eigenvalue weighted by atomic mass is 16.4. The number of hydrogen-bond donors (Lipinski definition) is 3. The van der Waals surface area contributed by atoms with E-state index >= 15 is 0 Å². The summed E-state index contributed by atoms with van der Waals surface area (Å²) >= 11 is 0. The average Bonchev–Trinajstić information content (AvgIpc) is 2.49. The summed E-state index contributed by atoms with van der Waals surface area (Å²) in [5, 5.41) is 12.2. The molecule has 4 N–H and O–H groups in total. The van der Waals surface area contributed by atoms with Gasteiger partial charge < -0.3 is 16.2 Å². The molecule has 1 aliphatic carbocycles. The van der Waals surface area contributed by atoms with Gasteiger partial charge in [0, 0.05) is 17.2 Å². The van der Waals surface area contributed by atoms with Crippen molar-refractivity contribution in [2.24, 2.45) is 11.7 Å². The van der Waals surface area contributed by atoms with Gasteiger partial charge in [0.05, 0.1) is 5.92 Å². The van der Waals surface area contributed by atoms with Crippen molar-refractivity contribution in [1.82, 2.24) is 5.32 Å². The Morgan fingerprint density at radius 3 is 2.35 bits per heavy atom. The second-order valence-electron chi connectivity index (χ2n) is 5.96. The molecule has 1 aliphatic rings. The highest BCUT2D eigenvalue weighted by Crippen LogP contribution is 2.23. The molecule has 0 heterocycles. The third-order valence-electron chi connectivity index (χ3n) is 4.31. The molecule has 1 saturated carbocycles. The molecule has 1 aromatic rings. The van der Waals surface area contributed by atoms with Crippen LogP contribution in [0.15, 0.2) is 24.3 Å². The van der Waals surface area contributed by atoms with E-state index in [1.807, 2.05) is 0 Å². The molecule has 0 radical (unpaired) electrons. The van der Waals surface area contributed by atoms with Crippen LogP contribution in [0, 0.1) is 5.92 Å². The fourth-order valence-corrected chi connectivity index (χ4v) is 3.02. The Bertz CT molecular complexity index is 600. The number of carbonyl (C=O) groups excluding carboxylic acids is 2. The number of aliphatic carboxylic acids is 1. The fourth-order valence-electron chi connectivity index (χ4n) is 3.02. The van der Waals surface area contributed by atoms with E-state index in [1.165, 1.54) is 12.1 Å². The van der Waals surface area contributed by atoms with Gasteiger partial charge in [0.15, 0.2) is 0 Å². The van der Waals surface area contributed by atoms with Crippen molar-refractivity contribution >= 4 is 17.8 Å². The second kappa shape index (κ2) is 7.76. The molecule has 2 unspecified atom stereocenters. The Morgan fingerprint density at radius 2 is 1.70 bits per heavy atom. The minimum Gasteiger partial charge on any atom is -0.481 e. The van der Waals surface area contributed by atoms with Gasteiger partial charge in [-0.3, -0.25) is 14.4 Å². The highest BCUT2D eigenvalue weighted by Gasteiger charge is 2.30. The van der Waals surface area contributed by atoms with E-state index in [0.717, 1.165) is 25.7 Å². The van der Waals surface area contributed by atoms with Gasteiger partial charge in [0.25, 0.3) is 5.91 Å². The van der Waals surface area contributed by atoms with Gasteiger partial charge in [-0.15, -0.1) is 0 Å². The van der Waals surface area contributed by atoms with Crippen molar-refractivity contribution in [1.29, 1.82) is 0 Å². The van der Waals surface area contributed by atoms with E-state index in [2.05, 4.69) is 5.32 Å². The molecule has 0 bridgehead atoms. The third-order valence-corrected chi connectivity index (χ3v) is 4.31. The number of nitrogens with one attached hydrogen (secondary N) is 1. The van der Waals surface area contributed by atoms with Gasteiger partial charge in [-0.05, 0) is 31.0 Å². The molecule has 0 aliphatic heterocycles. The lowest BCUT2D eigenvalue weighted by Gasteiger charge is -2.27. The lowest BCUT2D eigenvalue weighted by Crippen LogP contribution is -2.44. The van der Waals surface area contributed by atoms with Crippen molar-refractivity contribution in [3.05, 3.63) is 35.4 Å². The number of rotatable bonds is 4. The molecule has 6 nitrogen and oxygen atoms in total. The number of hydrogen-bond acceptors (Lipinski definition) is 3. The van der Waals surface area contributed by atoms with Crippen LogP contribution < -0.4 is 11.1 Å². The second-order valence-corrected chi connectivity index (χ2v) is 5.96. The standard InChI is InChI=1S/C17H22N2O4/c18-15(20)11-6-5-7-12(10-11)16(21)19-14-9-4-2-1-3-8-13(14)17(22)23/h5-7,10,13-14H,1-4,8-9H2,(H2,18,20)(H,19,21)(H,22,23). The maximum atomic E-state index is 12.4. The van der Waals surface area contributed by atoms with E-state index in [9.17, 15) is 19.5 Å². The van der Waals surface area contributed by atoms with Gasteiger partial charge in [0.1, 0.15) is 0 Å². The molecule has 124 valence electrons. The van der Waals surface area contributed by atoms with E-state index in [-0.39, 0.29) is 11.5 Å². The van der Waals surface area contributed by atoms with E-state index in [0.29, 0.717) is 18.4 Å². The summed E-state index contributed by atoms with van der Waals surface area (Å²) in [4.78, 5) is 35.1. The number of primary amides is 1. The molecule has 6 heteroatoms. The largest absolute Gasteiger partial charge is 0.481 e. The molecule has 0 spiro atoms. The van der Waals surface area contributed by atoms with Crippen LogP contribution in [-0.4, -0.2) is 28.9 Å². The van der Waals surface area contributed by atoms with Crippen LogP contribution in [0.1, 0.15) is 59.2 Å². The van der Waals surface area contributed by atoms with E-state index in [4.69, 9.17) is 5.73 Å². The summed E-state index contributed by atoms with van der Waals surface area (Å²) in [6.45, 7) is 0. The first-order chi connectivity index (χ1) is 11.0. The predicted molar refractivity (Wildman–Crippen MR) is 85.0 cm³/mol. The van der Waals surface area contributed by atoms with Gasteiger partial charge >= 0.3 is 5.97 Å². The zero-order valence-electron chi connectivity index (χ0n) is 13.0. The molecule has 2 amide bonds. The number of amides is 2. The van der Waals surface area contributed by atoms with Gasteiger partial charge in [-0.2, -0.15) is 0 Å². The average molecular weight is 318 g/mol. The molecule has 2 rings (SSSR count). The Balaban J connectivity index is 2.13. The summed E-state index contributed by atoms with van der Waals surface area (Å²) in [6.07, 6.45) is 5.07. The molecule has 0 saturated heterocycles. The van der Waals surface area contributed by atoms with Crippen LogP contribution in [0.2, 0.25) is 0 Å². The minimum absolute atomic E-state index is 0.255. The van der Waals surface area contributed by atoms with E-state index in [1.54, 1.807) is 12.1 Å². The SMILES string of the molecule is NC(=O)c1cccc(C(=O)NC2CCCCCCC2C(=O)O)c1. The molecule has 1 aromatic carbocycles. The number of carboxylic acid groups (broad SMARTS) is 1. The Hall–Kier alpha value is -2.37. The van der Waals surface area contributed by atoms with Gasteiger partial charge in [-0.1, -0.05) is 31.7 Å². The number of benzene rings is 1. The maximum absolute atomic E-state index is 12.4. The maximum Gasteiger partial charge on any atom is 0.308 e. The summed E-state index contributed by atoms with van der Waals surface area (Å²) < 4.78 is 0. The normalized spacial score (nSPS) is 21.7. The smallest absolute Gasteiger partial charge is 0.308 e. The van der Waals surface area contributed by atoms with Crippen molar-refractivity contribution in [3.8, 4) is 0 Å². The first-order valence-corrected chi connectivity index (χ1v) is 7.92. The highest BCUT2D eigenvalue weighted by molar-refractivity contribution is 5.99. The Morgan fingerprint density at radius 1 is 1.04 bits per heavy atom. The Kier molecular flexibility index (Phi) is 5.73. The zero-order valence-corrected chi connectivity index (χ0v) is 13.0. The molecular formula is C17H22N2O4. The molecule has 1 fully saturated rings. The zero-order chi connectivity index (χ0) is 16.8. The van der Waals surface area contributed by atoms with Crippen LogP contribution >= 0.6 is 0 Å². The van der Waals surface area contributed by atoms with E-state index < -0.39 is 23.8 Å². The first kappa shape index (κ1) is 17.0. The Labute approximate surface area is 135 Å². The lowest BCUT2D eigenvalue weighted by atomic mass is 9.86. The van der Waals surface area contributed by atoms with Crippen molar-refractivity contribution in [2.75, 3.05) is 0 Å². The van der Waals surface area contributed by atoms with Crippen molar-refractivity contribution in [3.63, 3.8) is 0 Å². The third kappa shape index (κ3) is 4.55. The quantitative estimate of drug-likeness (QED) is 0.788. The van der Waals surface area contributed by atoms with Gasteiger partial charge in [0.2, 0.25) is 5.91 Å². The van der Waals surface area contributed by atoms with Gasteiger partial charge in [-0.25, -0.2) is 0 Å². The summed E-state index contributed by atoms with van der Waals surface area (Å²) in [5.41, 5.74) is 5.79. The molecular weight excluding hydrogens is 296 g/mol. The minimum atomic E-state index is -0.872. The number of carboxylic acids is 1. The first-order valence-electron chi connectivity index (χ1n) is 7.92. The summed E-state index contributed by atoms with van der Waals surface area (Å²) in [6, 6.07) is 5.74. The van der Waals surface area contributed by atoms with Crippen LogP contribution in [-0.2, 0) is 4.79 Å². The molecule has 23 heavy (non-hydrogen) atoms. The fraction of sp³-hybridized carbons (Fsp3) is 0.471.